The van der Waals surface area contributed by atoms with E-state index in [0.717, 1.165) is 25.1 Å². The van der Waals surface area contributed by atoms with Gasteiger partial charge in [0.1, 0.15) is 0 Å². The SMILES string of the molecule is CC1CN(c2c(Cl)cccc2C=O)CC(C)O1. The van der Waals surface area contributed by atoms with E-state index in [1.54, 1.807) is 12.1 Å². The van der Waals surface area contributed by atoms with E-state index in [1.165, 1.54) is 0 Å². The van der Waals surface area contributed by atoms with Crippen LogP contribution in [0.25, 0.3) is 0 Å². The van der Waals surface area contributed by atoms with E-state index in [1.807, 2.05) is 19.9 Å². The smallest absolute Gasteiger partial charge is 0.152 e. The van der Waals surface area contributed by atoms with Gasteiger partial charge in [0.05, 0.1) is 22.9 Å². The molecule has 1 aromatic carbocycles. The van der Waals surface area contributed by atoms with Gasteiger partial charge < -0.3 is 9.64 Å². The fourth-order valence-corrected chi connectivity index (χ4v) is 2.62. The maximum Gasteiger partial charge on any atom is 0.152 e. The monoisotopic (exact) mass is 253 g/mol. The molecule has 0 aromatic heterocycles. The number of anilines is 1. The molecule has 17 heavy (non-hydrogen) atoms. The summed E-state index contributed by atoms with van der Waals surface area (Å²) in [5.41, 5.74) is 1.46. The second-order valence-electron chi connectivity index (χ2n) is 4.46. The van der Waals surface area contributed by atoms with Crippen molar-refractivity contribution in [3.63, 3.8) is 0 Å². The lowest BCUT2D eigenvalue weighted by atomic mass is 10.1. The molecule has 0 aliphatic carbocycles. The minimum Gasteiger partial charge on any atom is -0.372 e. The first-order valence-electron chi connectivity index (χ1n) is 5.76. The molecule has 1 heterocycles. The average molecular weight is 254 g/mol. The van der Waals surface area contributed by atoms with E-state index < -0.39 is 0 Å². The van der Waals surface area contributed by atoms with Crippen molar-refractivity contribution in [1.29, 1.82) is 0 Å². The fraction of sp³-hybridized carbons (Fsp3) is 0.462. The normalized spacial score (nSPS) is 24.8. The Bertz CT molecular complexity index is 412. The summed E-state index contributed by atoms with van der Waals surface area (Å²) < 4.78 is 5.68. The van der Waals surface area contributed by atoms with Crippen molar-refractivity contribution < 1.29 is 9.53 Å². The fourth-order valence-electron chi connectivity index (χ4n) is 2.32. The first kappa shape index (κ1) is 12.4. The Balaban J connectivity index is 2.35. The maximum atomic E-state index is 11.1. The third kappa shape index (κ3) is 2.61. The number of hydrogen-bond donors (Lipinski definition) is 0. The summed E-state index contributed by atoms with van der Waals surface area (Å²) in [6, 6.07) is 5.40. The molecule has 1 aliphatic heterocycles. The highest BCUT2D eigenvalue weighted by Gasteiger charge is 2.25. The van der Waals surface area contributed by atoms with Gasteiger partial charge in [-0.25, -0.2) is 0 Å². The minimum atomic E-state index is 0.148. The van der Waals surface area contributed by atoms with E-state index in [9.17, 15) is 4.79 Å². The van der Waals surface area contributed by atoms with E-state index >= 15 is 0 Å². The molecule has 3 nitrogen and oxygen atoms in total. The maximum absolute atomic E-state index is 11.1. The molecule has 1 aromatic rings. The van der Waals surface area contributed by atoms with Crippen molar-refractivity contribution in [1.82, 2.24) is 0 Å². The van der Waals surface area contributed by atoms with Crippen LogP contribution >= 0.6 is 11.6 Å². The number of carbonyl (C=O) groups is 1. The molecule has 1 fully saturated rings. The number of halogens is 1. The van der Waals surface area contributed by atoms with Gasteiger partial charge in [-0.1, -0.05) is 17.7 Å². The molecule has 1 saturated heterocycles. The van der Waals surface area contributed by atoms with Crippen molar-refractivity contribution in [2.45, 2.75) is 26.1 Å². The van der Waals surface area contributed by atoms with Crippen LogP contribution in [0.2, 0.25) is 5.02 Å². The zero-order valence-electron chi connectivity index (χ0n) is 10.0. The summed E-state index contributed by atoms with van der Waals surface area (Å²) in [7, 11) is 0. The molecule has 0 bridgehead atoms. The zero-order valence-corrected chi connectivity index (χ0v) is 10.8. The van der Waals surface area contributed by atoms with E-state index in [2.05, 4.69) is 4.90 Å². The Labute approximate surface area is 106 Å². The minimum absolute atomic E-state index is 0.148. The lowest BCUT2D eigenvalue weighted by Gasteiger charge is -2.37. The average Bonchev–Trinajstić information content (AvgIpc) is 2.27. The van der Waals surface area contributed by atoms with Gasteiger partial charge in [-0.05, 0) is 26.0 Å². The highest BCUT2D eigenvalue weighted by Crippen LogP contribution is 2.31. The molecular weight excluding hydrogens is 238 g/mol. The highest BCUT2D eigenvalue weighted by atomic mass is 35.5. The number of rotatable bonds is 2. The van der Waals surface area contributed by atoms with Crippen molar-refractivity contribution in [3.05, 3.63) is 28.8 Å². The topological polar surface area (TPSA) is 29.5 Å². The number of hydrogen-bond acceptors (Lipinski definition) is 3. The predicted octanol–water partition coefficient (Wildman–Crippen LogP) is 2.77. The van der Waals surface area contributed by atoms with Gasteiger partial charge in [-0.3, -0.25) is 4.79 Å². The molecule has 92 valence electrons. The van der Waals surface area contributed by atoms with Crippen LogP contribution in [0.3, 0.4) is 0 Å². The van der Waals surface area contributed by atoms with Crippen LogP contribution in [0.4, 0.5) is 5.69 Å². The Hall–Kier alpha value is -1.06. The largest absolute Gasteiger partial charge is 0.372 e. The lowest BCUT2D eigenvalue weighted by Crippen LogP contribution is -2.46. The number of carbonyl (C=O) groups excluding carboxylic acids is 1. The second kappa shape index (κ2) is 5.07. The summed E-state index contributed by atoms with van der Waals surface area (Å²) in [5, 5.41) is 0.621. The Morgan fingerprint density at radius 3 is 2.59 bits per heavy atom. The Kier molecular flexibility index (Phi) is 3.69. The number of ether oxygens (including phenoxy) is 1. The molecule has 0 saturated carbocycles. The number of morpholine rings is 1. The number of benzene rings is 1. The van der Waals surface area contributed by atoms with Crippen molar-refractivity contribution in [3.8, 4) is 0 Å². The van der Waals surface area contributed by atoms with E-state index in [0.29, 0.717) is 10.6 Å². The van der Waals surface area contributed by atoms with Gasteiger partial charge in [0.15, 0.2) is 6.29 Å². The zero-order chi connectivity index (χ0) is 12.4. The quantitative estimate of drug-likeness (QED) is 0.759. The van der Waals surface area contributed by atoms with Gasteiger partial charge in [0, 0.05) is 18.7 Å². The van der Waals surface area contributed by atoms with Crippen LogP contribution < -0.4 is 4.90 Å². The van der Waals surface area contributed by atoms with Gasteiger partial charge in [-0.15, -0.1) is 0 Å². The second-order valence-corrected chi connectivity index (χ2v) is 4.87. The third-order valence-electron chi connectivity index (χ3n) is 2.88. The molecule has 0 radical (unpaired) electrons. The molecule has 0 N–H and O–H groups in total. The summed E-state index contributed by atoms with van der Waals surface area (Å²) in [6.45, 7) is 5.57. The van der Waals surface area contributed by atoms with Gasteiger partial charge >= 0.3 is 0 Å². The molecule has 4 heteroatoms. The molecule has 2 atom stereocenters. The number of para-hydroxylation sites is 1. The number of nitrogens with zero attached hydrogens (tertiary/aromatic N) is 1. The predicted molar refractivity (Wildman–Crippen MR) is 69.1 cm³/mol. The van der Waals surface area contributed by atoms with E-state index in [4.69, 9.17) is 16.3 Å². The summed E-state index contributed by atoms with van der Waals surface area (Å²) in [6.07, 6.45) is 1.15. The molecule has 2 unspecified atom stereocenters. The lowest BCUT2D eigenvalue weighted by molar-refractivity contribution is -0.00524. The molecule has 0 amide bonds. The van der Waals surface area contributed by atoms with Gasteiger partial charge in [0.25, 0.3) is 0 Å². The van der Waals surface area contributed by atoms with Crippen LogP contribution in [0.15, 0.2) is 18.2 Å². The van der Waals surface area contributed by atoms with Crippen molar-refractivity contribution >= 4 is 23.6 Å². The molecule has 2 rings (SSSR count). The van der Waals surface area contributed by atoms with Crippen LogP contribution in [0.5, 0.6) is 0 Å². The van der Waals surface area contributed by atoms with Crippen LogP contribution in [0, 0.1) is 0 Å². The number of aldehydes is 1. The standard InChI is InChI=1S/C13H16ClNO2/c1-9-6-15(7-10(2)17-9)13-11(8-16)4-3-5-12(13)14/h3-5,8-10H,6-7H2,1-2H3. The highest BCUT2D eigenvalue weighted by molar-refractivity contribution is 6.33. The van der Waals surface area contributed by atoms with Crippen LogP contribution in [-0.2, 0) is 4.74 Å². The third-order valence-corrected chi connectivity index (χ3v) is 3.19. The molecular formula is C13H16ClNO2. The first-order valence-corrected chi connectivity index (χ1v) is 6.13. The van der Waals surface area contributed by atoms with Gasteiger partial charge in [0.2, 0.25) is 0 Å². The van der Waals surface area contributed by atoms with Gasteiger partial charge in [-0.2, -0.15) is 0 Å². The van der Waals surface area contributed by atoms with Crippen LogP contribution in [0.1, 0.15) is 24.2 Å². The van der Waals surface area contributed by atoms with E-state index in [-0.39, 0.29) is 12.2 Å². The van der Waals surface area contributed by atoms with Crippen LogP contribution in [-0.4, -0.2) is 31.6 Å². The van der Waals surface area contributed by atoms with Crippen molar-refractivity contribution in [2.75, 3.05) is 18.0 Å². The summed E-state index contributed by atoms with van der Waals surface area (Å²) in [5.74, 6) is 0. The first-order chi connectivity index (χ1) is 8.11. The Morgan fingerprint density at radius 2 is 2.00 bits per heavy atom. The Morgan fingerprint density at radius 1 is 1.35 bits per heavy atom. The molecule has 0 spiro atoms. The summed E-state index contributed by atoms with van der Waals surface area (Å²) >= 11 is 6.20. The summed E-state index contributed by atoms with van der Waals surface area (Å²) in [4.78, 5) is 13.2. The van der Waals surface area contributed by atoms with Crippen molar-refractivity contribution in [2.24, 2.45) is 0 Å². The molecule has 1 aliphatic rings.